The molecule has 0 aliphatic heterocycles. The van der Waals surface area contributed by atoms with Crippen LogP contribution in [-0.4, -0.2) is 12.1 Å². The van der Waals surface area contributed by atoms with Gasteiger partial charge in [0.15, 0.2) is 11.5 Å². The van der Waals surface area contributed by atoms with E-state index in [4.69, 9.17) is 18.7 Å². The van der Waals surface area contributed by atoms with Gasteiger partial charge in [-0.3, -0.25) is 0 Å². The van der Waals surface area contributed by atoms with Gasteiger partial charge in [-0.15, -0.1) is 0 Å². The van der Waals surface area contributed by atoms with Crippen molar-refractivity contribution in [2.24, 2.45) is 0 Å². The first-order valence-electron chi connectivity index (χ1n) is 7.07. The summed E-state index contributed by atoms with van der Waals surface area (Å²) in [6.45, 7) is 0.104. The predicted octanol–water partition coefficient (Wildman–Crippen LogP) is 2.77. The quantitative estimate of drug-likeness (QED) is 0.883. The van der Waals surface area contributed by atoms with Crippen molar-refractivity contribution in [2.45, 2.75) is 13.2 Å². The highest BCUT2D eigenvalue weighted by Gasteiger charge is 2.05. The lowest BCUT2D eigenvalue weighted by Gasteiger charge is -2.11. The molecule has 94 valence electrons. The summed E-state index contributed by atoms with van der Waals surface area (Å²) in [5.74, 6) is 0.421. The van der Waals surface area contributed by atoms with Crippen LogP contribution >= 0.6 is 0 Å². The van der Waals surface area contributed by atoms with Crippen LogP contribution < -0.4 is 9.47 Å². The first-order valence-corrected chi connectivity index (χ1v) is 5.57. The van der Waals surface area contributed by atoms with Gasteiger partial charge in [-0.2, -0.15) is 0 Å². The Bertz CT molecular complexity index is 582. The summed E-state index contributed by atoms with van der Waals surface area (Å²) in [5, 5.41) is 9.12. The molecule has 0 bridgehead atoms. The van der Waals surface area contributed by atoms with Crippen molar-refractivity contribution < 1.29 is 18.7 Å². The maximum absolute atomic E-state index is 9.12. The van der Waals surface area contributed by atoms with Gasteiger partial charge >= 0.3 is 0 Å². The van der Waals surface area contributed by atoms with Gasteiger partial charge in [0.25, 0.3) is 0 Å². The topological polar surface area (TPSA) is 38.7 Å². The fourth-order valence-electron chi connectivity index (χ4n) is 1.59. The number of methoxy groups -OCH3 is 1. The minimum atomic E-state index is -2.57. The molecule has 3 nitrogen and oxygen atoms in total. The molecule has 1 N–H and O–H groups in total. The molecule has 0 atom stereocenters. The number of hydrogen-bond acceptors (Lipinski definition) is 3. The molecule has 2 aromatic carbocycles. The number of aliphatic hydroxyl groups is 1. The van der Waals surface area contributed by atoms with Crippen LogP contribution in [-0.2, 0) is 13.2 Å². The number of hydrogen-bond donors (Lipinski definition) is 1. The third-order valence-corrected chi connectivity index (χ3v) is 2.54. The molecule has 2 rings (SSSR count). The van der Waals surface area contributed by atoms with E-state index in [9.17, 15) is 0 Å². The Kier molecular flexibility index (Phi) is 3.04. The zero-order valence-corrected chi connectivity index (χ0v) is 9.80. The van der Waals surface area contributed by atoms with Gasteiger partial charge in [-0.05, 0) is 23.3 Å². The first kappa shape index (κ1) is 9.00. The Balaban J connectivity index is 2.17. The third-order valence-electron chi connectivity index (χ3n) is 2.54. The molecular weight excluding hydrogens is 228 g/mol. The summed E-state index contributed by atoms with van der Waals surface area (Å²) in [7, 11) is -2.57. The average Bonchev–Trinajstić information content (AvgIpc) is 2.45. The molecule has 0 saturated heterocycles. The largest absolute Gasteiger partial charge is 0.493 e. The van der Waals surface area contributed by atoms with Crippen LogP contribution in [0.1, 0.15) is 15.2 Å². The van der Waals surface area contributed by atoms with Crippen molar-refractivity contribution in [1.29, 1.82) is 0 Å². The lowest BCUT2D eigenvalue weighted by molar-refractivity contribution is 0.274. The Morgan fingerprint density at radius 3 is 2.61 bits per heavy atom. The second-order valence-corrected chi connectivity index (χ2v) is 3.82. The van der Waals surface area contributed by atoms with Gasteiger partial charge in [0.05, 0.1) is 17.8 Å². The van der Waals surface area contributed by atoms with E-state index >= 15 is 0 Å². The van der Waals surface area contributed by atoms with Crippen LogP contribution in [0.2, 0.25) is 0 Å². The summed E-state index contributed by atoms with van der Waals surface area (Å²) >= 11 is 0. The molecule has 0 aromatic heterocycles. The molecular formula is C15H16O3. The summed E-state index contributed by atoms with van der Waals surface area (Å²) in [4.78, 5) is 0. The maximum Gasteiger partial charge on any atom is 0.161 e. The summed E-state index contributed by atoms with van der Waals surface area (Å²) in [6.07, 6.45) is 0. The Hall–Kier alpha value is -2.00. The normalized spacial score (nSPS) is 13.3. The molecule has 0 heterocycles. The molecule has 18 heavy (non-hydrogen) atoms. The summed E-state index contributed by atoms with van der Waals surface area (Å²) < 4.78 is 32.1. The second-order valence-electron chi connectivity index (χ2n) is 3.82. The second kappa shape index (κ2) is 6.07. The highest BCUT2D eigenvalue weighted by molar-refractivity contribution is 5.42. The minimum Gasteiger partial charge on any atom is -0.493 e. The van der Waals surface area contributed by atoms with Crippen LogP contribution in [0, 0.1) is 0 Å². The van der Waals surface area contributed by atoms with E-state index in [2.05, 4.69) is 0 Å². The van der Waals surface area contributed by atoms with Crippen molar-refractivity contribution >= 4 is 0 Å². The van der Waals surface area contributed by atoms with E-state index in [1.165, 1.54) is 6.07 Å². The van der Waals surface area contributed by atoms with Crippen molar-refractivity contribution in [1.82, 2.24) is 0 Å². The van der Waals surface area contributed by atoms with Gasteiger partial charge in [-0.25, -0.2) is 0 Å². The lowest BCUT2D eigenvalue weighted by Crippen LogP contribution is -1.98. The van der Waals surface area contributed by atoms with Gasteiger partial charge in [0, 0.05) is 0 Å². The molecule has 0 aliphatic rings. The van der Waals surface area contributed by atoms with Gasteiger partial charge in [-0.1, -0.05) is 36.4 Å². The van der Waals surface area contributed by atoms with Crippen molar-refractivity contribution in [3.63, 3.8) is 0 Å². The smallest absolute Gasteiger partial charge is 0.161 e. The van der Waals surface area contributed by atoms with Gasteiger partial charge in [0.1, 0.15) is 6.61 Å². The van der Waals surface area contributed by atoms with E-state index in [0.29, 0.717) is 17.9 Å². The van der Waals surface area contributed by atoms with E-state index in [1.807, 2.05) is 30.3 Å². The SMILES string of the molecule is [2H]C([2H])([2H])Oc1cc(CO)ccc1OCc1ccccc1. The maximum atomic E-state index is 9.12. The summed E-state index contributed by atoms with van der Waals surface area (Å²) in [5.41, 5.74) is 1.52. The molecule has 0 spiro atoms. The van der Waals surface area contributed by atoms with Crippen LogP contribution in [0.3, 0.4) is 0 Å². The van der Waals surface area contributed by atoms with Crippen molar-refractivity contribution in [3.8, 4) is 11.5 Å². The molecule has 0 fully saturated rings. The van der Waals surface area contributed by atoms with E-state index in [0.717, 1.165) is 5.56 Å². The van der Waals surface area contributed by atoms with Crippen molar-refractivity contribution in [3.05, 3.63) is 59.7 Å². The van der Waals surface area contributed by atoms with Gasteiger partial charge in [0.2, 0.25) is 0 Å². The van der Waals surface area contributed by atoms with Gasteiger partial charge < -0.3 is 14.6 Å². The zero-order chi connectivity index (χ0) is 15.3. The molecule has 0 radical (unpaired) electrons. The van der Waals surface area contributed by atoms with E-state index < -0.39 is 7.04 Å². The fourth-order valence-corrected chi connectivity index (χ4v) is 1.59. The number of aliphatic hydroxyl groups excluding tert-OH is 1. The van der Waals surface area contributed by atoms with Crippen molar-refractivity contribution in [2.75, 3.05) is 7.04 Å². The first-order chi connectivity index (χ1) is 9.98. The standard InChI is InChI=1S/C15H16O3/c1-17-15-9-13(10-16)7-8-14(15)18-11-12-5-3-2-4-6-12/h2-9,16H,10-11H2,1H3/i1D3. The van der Waals surface area contributed by atoms with Crippen LogP contribution in [0.5, 0.6) is 11.5 Å². The molecule has 0 saturated carbocycles. The Labute approximate surface area is 111 Å². The lowest BCUT2D eigenvalue weighted by atomic mass is 10.2. The number of ether oxygens (including phenoxy) is 2. The zero-order valence-electron chi connectivity index (χ0n) is 12.8. The Morgan fingerprint density at radius 2 is 1.89 bits per heavy atom. The van der Waals surface area contributed by atoms with E-state index in [-0.39, 0.29) is 12.4 Å². The van der Waals surface area contributed by atoms with Crippen LogP contribution in [0.25, 0.3) is 0 Å². The van der Waals surface area contributed by atoms with Crippen LogP contribution in [0.15, 0.2) is 48.5 Å². The number of benzene rings is 2. The average molecular weight is 247 g/mol. The highest BCUT2D eigenvalue weighted by atomic mass is 16.5. The molecule has 3 heteroatoms. The fraction of sp³-hybridized carbons (Fsp3) is 0.200. The monoisotopic (exact) mass is 247 g/mol. The highest BCUT2D eigenvalue weighted by Crippen LogP contribution is 2.28. The Morgan fingerprint density at radius 1 is 1.06 bits per heavy atom. The summed E-state index contributed by atoms with van der Waals surface area (Å²) in [6, 6.07) is 14.2. The molecule has 2 aromatic rings. The molecule has 0 unspecified atom stereocenters. The number of rotatable bonds is 5. The minimum absolute atomic E-state index is 0.0949. The van der Waals surface area contributed by atoms with Crippen LogP contribution in [0.4, 0.5) is 0 Å². The molecule has 0 aliphatic carbocycles. The molecule has 0 amide bonds. The third kappa shape index (κ3) is 3.02. The van der Waals surface area contributed by atoms with E-state index in [1.54, 1.807) is 12.1 Å². The predicted molar refractivity (Wildman–Crippen MR) is 69.7 cm³/mol.